The van der Waals surface area contributed by atoms with Crippen LogP contribution in [0.25, 0.3) is 0 Å². The fourth-order valence-electron chi connectivity index (χ4n) is 4.97. The predicted octanol–water partition coefficient (Wildman–Crippen LogP) is 1.65. The van der Waals surface area contributed by atoms with E-state index in [1.165, 1.54) is 0 Å². The summed E-state index contributed by atoms with van der Waals surface area (Å²) in [6.45, 7) is 0.824. The van der Waals surface area contributed by atoms with Crippen molar-refractivity contribution >= 4 is 0 Å². The first kappa shape index (κ1) is 15.6. The molecule has 3 atom stereocenters. The molecule has 0 bridgehead atoms. The number of hydrogen-bond acceptors (Lipinski definition) is 7. The number of aliphatic hydroxyl groups is 2. The largest absolute Gasteiger partial charge is 0.454 e. The summed E-state index contributed by atoms with van der Waals surface area (Å²) in [5, 5.41) is 21.2. The lowest BCUT2D eigenvalue weighted by Crippen LogP contribution is -2.45. The molecule has 0 saturated heterocycles. The van der Waals surface area contributed by atoms with E-state index in [0.717, 1.165) is 45.3 Å². The van der Waals surface area contributed by atoms with Gasteiger partial charge in [0.05, 0.1) is 12.8 Å². The Kier molecular flexibility index (Phi) is 3.18. The lowest BCUT2D eigenvalue weighted by atomic mass is 9.70. The van der Waals surface area contributed by atoms with Crippen LogP contribution >= 0.6 is 0 Å². The molecule has 3 aliphatic heterocycles. The SMILES string of the molecule is OCN1Cc2c(ccc3c2OCO3)[C@@H]2[C@H]1c1cc3c(cc1C[C@@H]2O)OCO3. The highest BCUT2D eigenvalue weighted by Gasteiger charge is 2.46. The molecule has 3 heterocycles. The third-order valence-electron chi connectivity index (χ3n) is 6.11. The van der Waals surface area contributed by atoms with Crippen LogP contribution in [0.15, 0.2) is 24.3 Å². The Bertz CT molecular complexity index is 945. The Hall–Kier alpha value is -2.48. The molecule has 2 aromatic rings. The number of fused-ring (bicyclic) bond motifs is 8. The summed E-state index contributed by atoms with van der Waals surface area (Å²) < 4.78 is 22.3. The number of nitrogens with zero attached hydrogens (tertiary/aromatic N) is 1. The third kappa shape index (κ3) is 2.07. The Labute approximate surface area is 155 Å². The van der Waals surface area contributed by atoms with Crippen molar-refractivity contribution in [3.05, 3.63) is 46.5 Å². The van der Waals surface area contributed by atoms with Gasteiger partial charge in [0.1, 0.15) is 0 Å². The second-order valence-electron chi connectivity index (χ2n) is 7.40. The summed E-state index contributed by atoms with van der Waals surface area (Å²) in [6, 6.07) is 7.76. The maximum absolute atomic E-state index is 11.1. The van der Waals surface area contributed by atoms with Gasteiger partial charge in [-0.2, -0.15) is 0 Å². The molecule has 0 unspecified atom stereocenters. The zero-order chi connectivity index (χ0) is 18.1. The quantitative estimate of drug-likeness (QED) is 0.791. The summed E-state index contributed by atoms with van der Waals surface area (Å²) in [7, 11) is 0. The van der Waals surface area contributed by atoms with Crippen LogP contribution in [-0.2, 0) is 13.0 Å². The van der Waals surface area contributed by atoms with E-state index in [2.05, 4.69) is 0 Å². The molecular weight excluding hydrogens is 350 g/mol. The summed E-state index contributed by atoms with van der Waals surface area (Å²) >= 11 is 0. The first-order valence-corrected chi connectivity index (χ1v) is 9.11. The van der Waals surface area contributed by atoms with Gasteiger partial charge in [0.2, 0.25) is 13.6 Å². The molecule has 140 valence electrons. The Morgan fingerprint density at radius 1 is 0.963 bits per heavy atom. The van der Waals surface area contributed by atoms with Gasteiger partial charge >= 0.3 is 0 Å². The Balaban J connectivity index is 1.54. The second-order valence-corrected chi connectivity index (χ2v) is 7.40. The summed E-state index contributed by atoms with van der Waals surface area (Å²) in [4.78, 5) is 1.97. The molecule has 0 saturated carbocycles. The fourth-order valence-corrected chi connectivity index (χ4v) is 4.97. The van der Waals surface area contributed by atoms with Crippen LogP contribution in [0.4, 0.5) is 0 Å². The van der Waals surface area contributed by atoms with Gasteiger partial charge in [-0.15, -0.1) is 0 Å². The van der Waals surface area contributed by atoms with Crippen LogP contribution in [0.1, 0.15) is 34.2 Å². The van der Waals surface area contributed by atoms with E-state index in [9.17, 15) is 10.2 Å². The fraction of sp³-hybridized carbons (Fsp3) is 0.400. The normalized spacial score (nSPS) is 27.1. The minimum absolute atomic E-state index is 0.119. The number of benzene rings is 2. The van der Waals surface area contributed by atoms with E-state index in [1.54, 1.807) is 0 Å². The van der Waals surface area contributed by atoms with Crippen LogP contribution in [-0.4, -0.2) is 41.5 Å². The lowest BCUT2D eigenvalue weighted by Gasteiger charge is -2.47. The summed E-state index contributed by atoms with van der Waals surface area (Å²) in [5.74, 6) is 2.73. The molecule has 7 nitrogen and oxygen atoms in total. The molecule has 2 N–H and O–H groups in total. The first-order valence-electron chi connectivity index (χ1n) is 9.11. The van der Waals surface area contributed by atoms with E-state index in [0.29, 0.717) is 13.0 Å². The molecule has 0 radical (unpaired) electrons. The molecular formula is C20H19NO6. The molecule has 2 aromatic carbocycles. The summed E-state index contributed by atoms with van der Waals surface area (Å²) in [5.41, 5.74) is 4.16. The Morgan fingerprint density at radius 3 is 2.59 bits per heavy atom. The van der Waals surface area contributed by atoms with Crippen LogP contribution in [0.5, 0.6) is 23.0 Å². The Morgan fingerprint density at radius 2 is 1.74 bits per heavy atom. The molecule has 27 heavy (non-hydrogen) atoms. The molecule has 4 aliphatic rings. The zero-order valence-electron chi connectivity index (χ0n) is 14.6. The van der Waals surface area contributed by atoms with Crippen LogP contribution < -0.4 is 18.9 Å². The van der Waals surface area contributed by atoms with Gasteiger partial charge in [-0.25, -0.2) is 0 Å². The highest BCUT2D eigenvalue weighted by molar-refractivity contribution is 5.58. The maximum Gasteiger partial charge on any atom is 0.231 e. The number of ether oxygens (including phenoxy) is 4. The molecule has 0 spiro atoms. The van der Waals surface area contributed by atoms with Crippen LogP contribution in [0.3, 0.4) is 0 Å². The molecule has 7 heteroatoms. The lowest BCUT2D eigenvalue weighted by molar-refractivity contribution is -0.00233. The molecule has 0 fully saturated rings. The smallest absolute Gasteiger partial charge is 0.231 e. The topological polar surface area (TPSA) is 80.6 Å². The van der Waals surface area contributed by atoms with E-state index in [1.807, 2.05) is 29.2 Å². The molecule has 0 amide bonds. The monoisotopic (exact) mass is 369 g/mol. The van der Waals surface area contributed by atoms with Crippen molar-refractivity contribution in [3.63, 3.8) is 0 Å². The third-order valence-corrected chi connectivity index (χ3v) is 6.11. The van der Waals surface area contributed by atoms with E-state index in [-0.39, 0.29) is 32.3 Å². The van der Waals surface area contributed by atoms with Crippen molar-refractivity contribution < 1.29 is 29.2 Å². The van der Waals surface area contributed by atoms with Crippen LogP contribution in [0.2, 0.25) is 0 Å². The molecule has 0 aromatic heterocycles. The first-order chi connectivity index (χ1) is 13.2. The molecule has 1 aliphatic carbocycles. The standard InChI is InChI=1S/C20H19NO6/c22-7-21-6-13-11(1-2-15-20(13)27-9-24-15)18-14(23)3-10-4-16-17(26-8-25-16)5-12(10)19(18)21/h1-2,4-5,14,18-19,22-23H,3,6-9H2/t14-,18-,19+/m0/s1. The number of aliphatic hydroxyl groups excluding tert-OH is 2. The highest BCUT2D eigenvalue weighted by Crippen LogP contribution is 2.54. The van der Waals surface area contributed by atoms with Crippen molar-refractivity contribution in [1.29, 1.82) is 0 Å². The van der Waals surface area contributed by atoms with Crippen LogP contribution in [0, 0.1) is 0 Å². The van der Waals surface area contributed by atoms with E-state index < -0.39 is 6.10 Å². The average molecular weight is 369 g/mol. The predicted molar refractivity (Wildman–Crippen MR) is 93.0 cm³/mol. The minimum atomic E-state index is -0.573. The minimum Gasteiger partial charge on any atom is -0.454 e. The maximum atomic E-state index is 11.1. The van der Waals surface area contributed by atoms with E-state index in [4.69, 9.17) is 18.9 Å². The van der Waals surface area contributed by atoms with Crippen molar-refractivity contribution in [3.8, 4) is 23.0 Å². The zero-order valence-corrected chi connectivity index (χ0v) is 14.6. The van der Waals surface area contributed by atoms with Crippen molar-refractivity contribution in [2.24, 2.45) is 0 Å². The van der Waals surface area contributed by atoms with Gasteiger partial charge < -0.3 is 29.2 Å². The van der Waals surface area contributed by atoms with E-state index >= 15 is 0 Å². The molecule has 6 rings (SSSR count). The number of hydrogen-bond donors (Lipinski definition) is 2. The van der Waals surface area contributed by atoms with Gasteiger partial charge in [-0.1, -0.05) is 6.07 Å². The van der Waals surface area contributed by atoms with Gasteiger partial charge in [0.25, 0.3) is 0 Å². The van der Waals surface area contributed by atoms with Gasteiger partial charge in [0, 0.05) is 24.1 Å². The average Bonchev–Trinajstić information content (AvgIpc) is 3.34. The van der Waals surface area contributed by atoms with Gasteiger partial charge in [0.15, 0.2) is 23.0 Å². The second kappa shape index (κ2) is 5.51. The van der Waals surface area contributed by atoms with Crippen molar-refractivity contribution in [2.75, 3.05) is 20.3 Å². The van der Waals surface area contributed by atoms with Gasteiger partial charge in [-0.05, 0) is 41.3 Å². The highest BCUT2D eigenvalue weighted by atomic mass is 16.7. The summed E-state index contributed by atoms with van der Waals surface area (Å²) in [6.07, 6.45) is -0.0448. The van der Waals surface area contributed by atoms with Gasteiger partial charge in [-0.3, -0.25) is 4.90 Å². The van der Waals surface area contributed by atoms with Crippen molar-refractivity contribution in [1.82, 2.24) is 4.90 Å². The van der Waals surface area contributed by atoms with Crippen molar-refractivity contribution in [2.45, 2.75) is 31.0 Å². The number of rotatable bonds is 1.